The minimum Gasteiger partial charge on any atom is -0.464 e. The Morgan fingerprint density at radius 3 is 2.66 bits per heavy atom. The fraction of sp³-hybridized carbons (Fsp3) is 0.500. The molecule has 16 nitrogen and oxygen atoms in total. The Bertz CT molecular complexity index is 1860. The number of hydrogen-bond donors (Lipinski definition) is 5. The summed E-state index contributed by atoms with van der Waals surface area (Å²) >= 11 is 0. The van der Waals surface area contributed by atoms with Gasteiger partial charge in [-0.2, -0.15) is 10.1 Å². The van der Waals surface area contributed by atoms with Crippen molar-refractivity contribution in [2.45, 2.75) is 71.6 Å². The lowest BCUT2D eigenvalue weighted by atomic mass is 9.96. The molecule has 0 bridgehead atoms. The van der Waals surface area contributed by atoms with Gasteiger partial charge in [0.05, 0.1) is 19.5 Å². The maximum atomic E-state index is 14.6. The van der Waals surface area contributed by atoms with Gasteiger partial charge in [0.15, 0.2) is 23.1 Å². The van der Waals surface area contributed by atoms with E-state index in [-0.39, 0.29) is 34.9 Å². The van der Waals surface area contributed by atoms with Crippen molar-refractivity contribution in [3.63, 3.8) is 0 Å². The van der Waals surface area contributed by atoms with Gasteiger partial charge < -0.3 is 29.9 Å². The number of benzene rings is 1. The molecule has 1 aliphatic heterocycles. The lowest BCUT2D eigenvalue weighted by Crippen LogP contribution is -2.45. The molecule has 1 aromatic carbocycles. The molecule has 1 aliphatic rings. The third-order valence-corrected chi connectivity index (χ3v) is 9.07. The highest BCUT2D eigenvalue weighted by Gasteiger charge is 2.54. The second-order valence-electron chi connectivity index (χ2n) is 13.2. The number of aromatic amines is 1. The largest absolute Gasteiger partial charge is 0.464 e. The number of nitrogens with two attached hydrogens (primary N) is 1. The van der Waals surface area contributed by atoms with Gasteiger partial charge in [-0.25, -0.2) is 9.55 Å². The second kappa shape index (κ2) is 12.9. The van der Waals surface area contributed by atoms with Crippen LogP contribution in [0.2, 0.25) is 0 Å². The maximum absolute atomic E-state index is 14.6. The van der Waals surface area contributed by atoms with E-state index in [0.29, 0.717) is 10.9 Å². The molecule has 0 radical (unpaired) electrons. The number of ether oxygens (including phenoxy) is 2. The summed E-state index contributed by atoms with van der Waals surface area (Å²) < 4.78 is 39.2. The van der Waals surface area contributed by atoms with Crippen LogP contribution in [0.4, 0.5) is 5.95 Å². The summed E-state index contributed by atoms with van der Waals surface area (Å²) in [5.41, 5.74) is 3.19. The minimum absolute atomic E-state index is 0.0120. The van der Waals surface area contributed by atoms with E-state index < -0.39 is 61.9 Å². The van der Waals surface area contributed by atoms with E-state index in [2.05, 4.69) is 25.0 Å². The van der Waals surface area contributed by atoms with Gasteiger partial charge in [0.25, 0.3) is 5.56 Å². The Kier molecular flexibility index (Phi) is 9.48. The maximum Gasteiger partial charge on any atom is 0.459 e. The number of nitrogens with zero attached hydrogens (tertiary/aromatic N) is 4. The summed E-state index contributed by atoms with van der Waals surface area (Å²) in [7, 11) is -4.48. The first kappa shape index (κ1) is 34.4. The number of nitrogens with one attached hydrogen (secondary N) is 2. The van der Waals surface area contributed by atoms with Gasteiger partial charge in [-0.1, -0.05) is 52.8 Å². The molecule has 6 N–H and O–H groups in total. The molecule has 4 heterocycles. The van der Waals surface area contributed by atoms with Crippen molar-refractivity contribution in [3.05, 3.63) is 53.2 Å². The number of aliphatic hydroxyl groups is 2. The average Bonchev–Trinajstić information content (AvgIpc) is 3.51. The zero-order valence-corrected chi connectivity index (χ0v) is 27.8. The van der Waals surface area contributed by atoms with Crippen LogP contribution in [-0.2, 0) is 23.4 Å². The number of fused-ring (bicyclic) bond motifs is 2. The van der Waals surface area contributed by atoms with Gasteiger partial charge in [-0.15, -0.1) is 0 Å². The van der Waals surface area contributed by atoms with E-state index in [1.165, 1.54) is 17.8 Å². The van der Waals surface area contributed by atoms with Crippen molar-refractivity contribution in [2.75, 3.05) is 18.9 Å². The number of para-hydroxylation sites is 1. The molecule has 0 saturated carbocycles. The summed E-state index contributed by atoms with van der Waals surface area (Å²) in [5, 5.41) is 26.0. The fourth-order valence-electron chi connectivity index (χ4n) is 5.06. The number of H-pyrrole nitrogens is 1. The monoisotopic (exact) mass is 673 g/mol. The van der Waals surface area contributed by atoms with E-state index in [9.17, 15) is 24.4 Å². The van der Waals surface area contributed by atoms with Crippen LogP contribution >= 0.6 is 7.75 Å². The first-order valence-corrected chi connectivity index (χ1v) is 16.5. The van der Waals surface area contributed by atoms with Crippen molar-refractivity contribution in [3.8, 4) is 5.75 Å². The SMILES string of the molecule is CC(C)[C@H](NP(=O)(OC[C@H]1OC(n2cnc3c(=O)[nH]c(N)nc32)[C@](C)(O)[C@@H]1O)Oc1cccc2cccnc12)C(=O)OCC(C)(C)C. The number of hydrogen-bond acceptors (Lipinski definition) is 13. The summed E-state index contributed by atoms with van der Waals surface area (Å²) in [6, 6.07) is 7.47. The van der Waals surface area contributed by atoms with Crippen LogP contribution in [-0.4, -0.2) is 77.7 Å². The topological polar surface area (TPSA) is 226 Å². The predicted molar refractivity (Wildman–Crippen MR) is 171 cm³/mol. The molecule has 254 valence electrons. The molecular weight excluding hydrogens is 633 g/mol. The number of carbonyl (C=O) groups excluding carboxylic acids is 1. The second-order valence-corrected chi connectivity index (χ2v) is 14.9. The Labute approximate surface area is 270 Å². The summed E-state index contributed by atoms with van der Waals surface area (Å²) in [5.74, 6) is -1.15. The van der Waals surface area contributed by atoms with E-state index in [4.69, 9.17) is 24.3 Å². The third-order valence-electron chi connectivity index (χ3n) is 7.55. The lowest BCUT2D eigenvalue weighted by Gasteiger charge is -2.29. The molecule has 6 atom stereocenters. The zero-order chi connectivity index (χ0) is 34.3. The molecule has 5 rings (SSSR count). The molecule has 3 aromatic heterocycles. The normalized spacial score (nSPS) is 23.6. The van der Waals surface area contributed by atoms with Gasteiger partial charge in [0.2, 0.25) is 5.95 Å². The van der Waals surface area contributed by atoms with Crippen LogP contribution in [0.25, 0.3) is 22.1 Å². The standard InChI is InChI=1S/C30H40N7O9P/c1-16(2)20(26(40)43-14-29(3,4)5)36-47(42,46-18-11-7-9-17-10-8-12-32-21(17)18)44-13-19-23(38)30(6,41)27(45-19)37-15-33-22-24(37)34-28(31)35-25(22)39/h7-12,15-16,19-20,23,27,38,41H,13-14H2,1-6H3,(H,36,42)(H3,31,34,35,39)/t19-,20+,23-,27?,30-,47?/m1/s1. The number of aromatic nitrogens is 5. The molecule has 1 fully saturated rings. The van der Waals surface area contributed by atoms with Crippen LogP contribution in [0.1, 0.15) is 47.8 Å². The van der Waals surface area contributed by atoms with Crippen molar-refractivity contribution in [1.29, 1.82) is 0 Å². The first-order chi connectivity index (χ1) is 22.0. The van der Waals surface area contributed by atoms with Crippen molar-refractivity contribution in [1.82, 2.24) is 29.6 Å². The zero-order valence-electron chi connectivity index (χ0n) is 26.9. The van der Waals surface area contributed by atoms with Crippen LogP contribution in [0.3, 0.4) is 0 Å². The molecule has 0 amide bonds. The van der Waals surface area contributed by atoms with Gasteiger partial charge in [-0.3, -0.25) is 28.6 Å². The number of anilines is 1. The molecule has 4 aromatic rings. The lowest BCUT2D eigenvalue weighted by molar-refractivity contribution is -0.149. The number of nitrogen functional groups attached to an aromatic ring is 1. The van der Waals surface area contributed by atoms with Gasteiger partial charge >= 0.3 is 13.7 Å². The number of esters is 1. The van der Waals surface area contributed by atoms with Crippen molar-refractivity contribution < 1.29 is 38.1 Å². The van der Waals surface area contributed by atoms with E-state index in [1.807, 2.05) is 20.8 Å². The summed E-state index contributed by atoms with van der Waals surface area (Å²) in [6.45, 7) is 10.1. The predicted octanol–water partition coefficient (Wildman–Crippen LogP) is 2.67. The van der Waals surface area contributed by atoms with Gasteiger partial charge in [-0.05, 0) is 30.4 Å². The Morgan fingerprint density at radius 1 is 1.23 bits per heavy atom. The van der Waals surface area contributed by atoms with Gasteiger partial charge in [0, 0.05) is 11.6 Å². The molecule has 2 unspecified atom stereocenters. The van der Waals surface area contributed by atoms with Gasteiger partial charge in [0.1, 0.15) is 29.4 Å². The molecule has 0 aliphatic carbocycles. The Balaban J connectivity index is 1.44. The minimum atomic E-state index is -4.48. The van der Waals surface area contributed by atoms with E-state index in [0.717, 1.165) is 0 Å². The highest BCUT2D eigenvalue weighted by atomic mass is 31.2. The quantitative estimate of drug-likeness (QED) is 0.114. The Morgan fingerprint density at radius 2 is 1.96 bits per heavy atom. The number of aliphatic hydroxyl groups excluding tert-OH is 1. The summed E-state index contributed by atoms with van der Waals surface area (Å²) in [6.07, 6.45) is -1.40. The smallest absolute Gasteiger partial charge is 0.459 e. The average molecular weight is 674 g/mol. The van der Waals surface area contributed by atoms with Crippen molar-refractivity contribution >= 4 is 41.7 Å². The molecule has 47 heavy (non-hydrogen) atoms. The van der Waals surface area contributed by atoms with E-state index >= 15 is 0 Å². The Hall–Kier alpha value is -3.92. The summed E-state index contributed by atoms with van der Waals surface area (Å²) in [4.78, 5) is 40.4. The molecule has 17 heteroatoms. The third kappa shape index (κ3) is 7.32. The highest BCUT2D eigenvalue weighted by molar-refractivity contribution is 7.52. The molecule has 1 saturated heterocycles. The first-order valence-electron chi connectivity index (χ1n) is 15.0. The van der Waals surface area contributed by atoms with Crippen LogP contribution in [0.5, 0.6) is 5.75 Å². The number of carbonyl (C=O) groups is 1. The molecule has 0 spiro atoms. The molecular formula is C30H40N7O9P. The highest BCUT2D eigenvalue weighted by Crippen LogP contribution is 2.48. The number of rotatable bonds is 11. The number of imidazole rings is 1. The fourth-order valence-corrected chi connectivity index (χ4v) is 6.73. The number of pyridine rings is 1. The van der Waals surface area contributed by atoms with E-state index in [1.54, 1.807) is 50.4 Å². The van der Waals surface area contributed by atoms with Crippen LogP contribution < -0.4 is 20.9 Å². The van der Waals surface area contributed by atoms with Crippen molar-refractivity contribution in [2.24, 2.45) is 11.3 Å². The van der Waals surface area contributed by atoms with Crippen LogP contribution in [0.15, 0.2) is 47.7 Å². The van der Waals surface area contributed by atoms with Crippen LogP contribution in [0, 0.1) is 11.3 Å².